The van der Waals surface area contributed by atoms with E-state index in [0.29, 0.717) is 5.56 Å². The Morgan fingerprint density at radius 2 is 2.06 bits per heavy atom. The van der Waals surface area contributed by atoms with Crippen molar-refractivity contribution < 1.29 is 9.90 Å². The number of rotatable bonds is 4. The van der Waals surface area contributed by atoms with Gasteiger partial charge in [-0.25, -0.2) is 9.78 Å². The molecule has 5 nitrogen and oxygen atoms in total. The minimum atomic E-state index is -0.899. The minimum absolute atomic E-state index is 0.311. The second-order valence-corrected chi connectivity index (χ2v) is 3.78. The molecule has 1 aromatic carbocycles. The third-order valence-corrected chi connectivity index (χ3v) is 2.62. The van der Waals surface area contributed by atoms with Gasteiger partial charge in [0.25, 0.3) is 0 Å². The summed E-state index contributed by atoms with van der Waals surface area (Å²) in [6.45, 7) is 2.65. The molecule has 0 aliphatic carbocycles. The van der Waals surface area contributed by atoms with E-state index in [-0.39, 0.29) is 0 Å². The lowest BCUT2D eigenvalue weighted by Crippen LogP contribution is -2.05. The van der Waals surface area contributed by atoms with Gasteiger partial charge in [0.1, 0.15) is 12.2 Å². The van der Waals surface area contributed by atoms with Gasteiger partial charge in [0, 0.05) is 6.54 Å². The zero-order valence-electron chi connectivity index (χ0n) is 9.50. The number of carboxylic acids is 1. The molecular weight excluding hydrogens is 218 g/mol. The lowest BCUT2D eigenvalue weighted by molar-refractivity contribution is 0.0697. The van der Waals surface area contributed by atoms with Crippen LogP contribution in [0.15, 0.2) is 30.6 Å². The standard InChI is InChI=1S/C12H13N3O2/c1-9-13-8-14-15(9)7-6-10-2-4-11(5-3-10)12(16)17/h2-5,8H,6-7H2,1H3,(H,16,17). The van der Waals surface area contributed by atoms with Crippen LogP contribution < -0.4 is 0 Å². The molecule has 0 atom stereocenters. The Labute approximate surface area is 98.7 Å². The second-order valence-electron chi connectivity index (χ2n) is 3.78. The first kappa shape index (κ1) is 11.3. The maximum Gasteiger partial charge on any atom is 0.335 e. The van der Waals surface area contributed by atoms with E-state index < -0.39 is 5.97 Å². The van der Waals surface area contributed by atoms with E-state index in [1.165, 1.54) is 6.33 Å². The zero-order chi connectivity index (χ0) is 12.3. The first-order chi connectivity index (χ1) is 8.16. The molecule has 0 fully saturated rings. The van der Waals surface area contributed by atoms with Crippen molar-refractivity contribution in [3.8, 4) is 0 Å². The molecule has 2 rings (SSSR count). The van der Waals surface area contributed by atoms with Crippen molar-refractivity contribution in [2.75, 3.05) is 0 Å². The van der Waals surface area contributed by atoms with Crippen molar-refractivity contribution in [2.24, 2.45) is 0 Å². The first-order valence-corrected chi connectivity index (χ1v) is 5.33. The molecule has 1 N–H and O–H groups in total. The molecule has 1 aromatic heterocycles. The Balaban J connectivity index is 2.00. The molecule has 0 saturated heterocycles. The molecule has 0 aliphatic heterocycles. The van der Waals surface area contributed by atoms with Gasteiger partial charge in [0.05, 0.1) is 5.56 Å². The van der Waals surface area contributed by atoms with E-state index >= 15 is 0 Å². The first-order valence-electron chi connectivity index (χ1n) is 5.33. The lowest BCUT2D eigenvalue weighted by atomic mass is 10.1. The van der Waals surface area contributed by atoms with Crippen molar-refractivity contribution in [3.05, 3.63) is 47.5 Å². The van der Waals surface area contributed by atoms with Gasteiger partial charge >= 0.3 is 5.97 Å². The Morgan fingerprint density at radius 1 is 1.35 bits per heavy atom. The molecular formula is C12H13N3O2. The van der Waals surface area contributed by atoms with Crippen LogP contribution in [0.5, 0.6) is 0 Å². The average Bonchev–Trinajstić information content (AvgIpc) is 2.73. The number of carboxylic acid groups (broad SMARTS) is 1. The van der Waals surface area contributed by atoms with Crippen molar-refractivity contribution in [3.63, 3.8) is 0 Å². The summed E-state index contributed by atoms with van der Waals surface area (Å²) < 4.78 is 1.82. The molecule has 0 unspecified atom stereocenters. The summed E-state index contributed by atoms with van der Waals surface area (Å²) in [6, 6.07) is 6.89. The molecule has 0 bridgehead atoms. The molecule has 1 heterocycles. The van der Waals surface area contributed by atoms with Crippen LogP contribution in [0, 0.1) is 6.92 Å². The van der Waals surface area contributed by atoms with Crippen LogP contribution in [-0.2, 0) is 13.0 Å². The molecule has 0 amide bonds. The molecule has 88 valence electrons. The highest BCUT2D eigenvalue weighted by Gasteiger charge is 2.03. The highest BCUT2D eigenvalue weighted by atomic mass is 16.4. The number of benzene rings is 1. The van der Waals surface area contributed by atoms with Crippen LogP contribution in [0.2, 0.25) is 0 Å². The van der Waals surface area contributed by atoms with E-state index in [1.807, 2.05) is 23.7 Å². The topological polar surface area (TPSA) is 68.0 Å². The third-order valence-electron chi connectivity index (χ3n) is 2.62. The fourth-order valence-electron chi connectivity index (χ4n) is 1.59. The third kappa shape index (κ3) is 2.69. The normalized spacial score (nSPS) is 10.4. The summed E-state index contributed by atoms with van der Waals surface area (Å²) in [5, 5.41) is 12.9. The lowest BCUT2D eigenvalue weighted by Gasteiger charge is -2.03. The number of aromatic nitrogens is 3. The number of aromatic carboxylic acids is 1. The van der Waals surface area contributed by atoms with Crippen molar-refractivity contribution in [2.45, 2.75) is 19.9 Å². The van der Waals surface area contributed by atoms with Gasteiger partial charge in [-0.3, -0.25) is 4.68 Å². The molecule has 0 radical (unpaired) electrons. The van der Waals surface area contributed by atoms with Gasteiger partial charge in [-0.2, -0.15) is 5.10 Å². The zero-order valence-corrected chi connectivity index (χ0v) is 9.50. The number of hydrogen-bond acceptors (Lipinski definition) is 3. The highest BCUT2D eigenvalue weighted by molar-refractivity contribution is 5.87. The largest absolute Gasteiger partial charge is 0.478 e. The Kier molecular flexibility index (Phi) is 3.18. The molecule has 0 aliphatic rings. The van der Waals surface area contributed by atoms with Gasteiger partial charge in [0.15, 0.2) is 0 Å². The summed E-state index contributed by atoms with van der Waals surface area (Å²) in [5.74, 6) is -0.0178. The van der Waals surface area contributed by atoms with Crippen LogP contribution in [0.3, 0.4) is 0 Å². The highest BCUT2D eigenvalue weighted by Crippen LogP contribution is 2.06. The number of aryl methyl sites for hydroxylation is 3. The van der Waals surface area contributed by atoms with Crippen molar-refractivity contribution >= 4 is 5.97 Å². The predicted octanol–water partition coefficient (Wildman–Crippen LogP) is 1.53. The monoisotopic (exact) mass is 231 g/mol. The van der Waals surface area contributed by atoms with Crippen LogP contribution >= 0.6 is 0 Å². The molecule has 17 heavy (non-hydrogen) atoms. The van der Waals surface area contributed by atoms with Crippen LogP contribution in [0.1, 0.15) is 21.7 Å². The fourth-order valence-corrected chi connectivity index (χ4v) is 1.59. The summed E-state index contributed by atoms with van der Waals surface area (Å²) in [4.78, 5) is 14.7. The summed E-state index contributed by atoms with van der Waals surface area (Å²) >= 11 is 0. The van der Waals surface area contributed by atoms with Gasteiger partial charge in [0.2, 0.25) is 0 Å². The van der Waals surface area contributed by atoms with Crippen LogP contribution in [0.4, 0.5) is 0 Å². The molecule has 0 spiro atoms. The van der Waals surface area contributed by atoms with Crippen LogP contribution in [-0.4, -0.2) is 25.8 Å². The quantitative estimate of drug-likeness (QED) is 0.866. The number of carbonyl (C=O) groups is 1. The van der Waals surface area contributed by atoms with E-state index in [2.05, 4.69) is 10.1 Å². The van der Waals surface area contributed by atoms with Crippen LogP contribution in [0.25, 0.3) is 0 Å². The number of hydrogen-bond donors (Lipinski definition) is 1. The van der Waals surface area contributed by atoms with E-state index in [9.17, 15) is 4.79 Å². The SMILES string of the molecule is Cc1ncnn1CCc1ccc(C(=O)O)cc1. The van der Waals surface area contributed by atoms with Gasteiger partial charge in [-0.15, -0.1) is 0 Å². The predicted molar refractivity (Wildman–Crippen MR) is 61.9 cm³/mol. The van der Waals surface area contributed by atoms with Crippen molar-refractivity contribution in [1.29, 1.82) is 0 Å². The molecule has 2 aromatic rings. The Hall–Kier alpha value is -2.17. The average molecular weight is 231 g/mol. The Bertz CT molecular complexity index is 517. The minimum Gasteiger partial charge on any atom is -0.478 e. The Morgan fingerprint density at radius 3 is 2.59 bits per heavy atom. The van der Waals surface area contributed by atoms with E-state index in [4.69, 9.17) is 5.11 Å². The summed E-state index contributed by atoms with van der Waals surface area (Å²) in [7, 11) is 0. The smallest absolute Gasteiger partial charge is 0.335 e. The van der Waals surface area contributed by atoms with E-state index in [1.54, 1.807) is 12.1 Å². The van der Waals surface area contributed by atoms with Gasteiger partial charge in [-0.1, -0.05) is 12.1 Å². The maximum absolute atomic E-state index is 10.7. The summed E-state index contributed by atoms with van der Waals surface area (Å²) in [6.07, 6.45) is 2.34. The van der Waals surface area contributed by atoms with E-state index in [0.717, 1.165) is 24.4 Å². The second kappa shape index (κ2) is 4.78. The van der Waals surface area contributed by atoms with Gasteiger partial charge < -0.3 is 5.11 Å². The fraction of sp³-hybridized carbons (Fsp3) is 0.250. The van der Waals surface area contributed by atoms with Crippen molar-refractivity contribution in [1.82, 2.24) is 14.8 Å². The number of nitrogens with zero attached hydrogens (tertiary/aromatic N) is 3. The molecule has 5 heteroatoms. The molecule has 0 saturated carbocycles. The summed E-state index contributed by atoms with van der Waals surface area (Å²) in [5.41, 5.74) is 1.40. The maximum atomic E-state index is 10.7. The van der Waals surface area contributed by atoms with Gasteiger partial charge in [-0.05, 0) is 31.0 Å².